The molecular weight excluding hydrogens is 365 g/mol. The molecule has 1 aromatic carbocycles. The SMILES string of the molecule is CC(c1ccc(F)cc1)N(C)S(=O)(=O)c1ccc(Br)s1. The van der Waals surface area contributed by atoms with Gasteiger partial charge in [-0.2, -0.15) is 4.31 Å². The van der Waals surface area contributed by atoms with Gasteiger partial charge >= 0.3 is 0 Å². The van der Waals surface area contributed by atoms with E-state index in [1.807, 2.05) is 0 Å². The van der Waals surface area contributed by atoms with Crippen LogP contribution in [-0.2, 0) is 10.0 Å². The molecule has 0 aliphatic rings. The number of benzene rings is 1. The van der Waals surface area contributed by atoms with Gasteiger partial charge in [-0.1, -0.05) is 12.1 Å². The van der Waals surface area contributed by atoms with Gasteiger partial charge in [0.1, 0.15) is 10.0 Å². The van der Waals surface area contributed by atoms with E-state index in [9.17, 15) is 12.8 Å². The zero-order chi connectivity index (χ0) is 14.9. The number of hydrogen-bond donors (Lipinski definition) is 0. The average molecular weight is 378 g/mol. The summed E-state index contributed by atoms with van der Waals surface area (Å²) in [5.41, 5.74) is 0.744. The fourth-order valence-corrected chi connectivity index (χ4v) is 5.28. The quantitative estimate of drug-likeness (QED) is 0.806. The van der Waals surface area contributed by atoms with Crippen molar-refractivity contribution in [2.75, 3.05) is 7.05 Å². The topological polar surface area (TPSA) is 37.4 Å². The summed E-state index contributed by atoms with van der Waals surface area (Å²) in [5.74, 6) is -0.339. The normalized spacial score (nSPS) is 13.7. The molecule has 0 spiro atoms. The summed E-state index contributed by atoms with van der Waals surface area (Å²) in [5, 5.41) is 0. The summed E-state index contributed by atoms with van der Waals surface area (Å²) in [6, 6.07) is 8.74. The van der Waals surface area contributed by atoms with E-state index in [4.69, 9.17) is 0 Å². The van der Waals surface area contributed by atoms with E-state index in [2.05, 4.69) is 15.9 Å². The Kier molecular flexibility index (Phi) is 4.63. The predicted octanol–water partition coefficient (Wildman–Crippen LogP) is 4.03. The second kappa shape index (κ2) is 5.93. The van der Waals surface area contributed by atoms with Crippen LogP contribution in [0.4, 0.5) is 4.39 Å². The van der Waals surface area contributed by atoms with Gasteiger partial charge < -0.3 is 0 Å². The number of halogens is 2. The van der Waals surface area contributed by atoms with Crippen molar-refractivity contribution in [1.82, 2.24) is 4.31 Å². The third-order valence-electron chi connectivity index (χ3n) is 3.08. The molecule has 1 unspecified atom stereocenters. The van der Waals surface area contributed by atoms with Gasteiger partial charge in [0.05, 0.1) is 3.79 Å². The van der Waals surface area contributed by atoms with E-state index in [0.717, 1.165) is 9.35 Å². The molecule has 20 heavy (non-hydrogen) atoms. The van der Waals surface area contributed by atoms with Crippen molar-refractivity contribution in [2.45, 2.75) is 17.2 Å². The standard InChI is InChI=1S/C13H13BrFNO2S2/c1-9(10-3-5-11(15)6-4-10)16(2)20(17,18)13-8-7-12(14)19-13/h3-9H,1-2H3. The molecule has 3 nitrogen and oxygen atoms in total. The summed E-state index contributed by atoms with van der Waals surface area (Å²) in [6.07, 6.45) is 0. The first-order valence-electron chi connectivity index (χ1n) is 5.81. The zero-order valence-electron chi connectivity index (χ0n) is 10.9. The van der Waals surface area contributed by atoms with Crippen LogP contribution in [0, 0.1) is 5.82 Å². The fourth-order valence-electron chi connectivity index (χ4n) is 1.74. The van der Waals surface area contributed by atoms with Crippen LogP contribution in [-0.4, -0.2) is 19.8 Å². The lowest BCUT2D eigenvalue weighted by Crippen LogP contribution is -2.29. The van der Waals surface area contributed by atoms with Crippen molar-refractivity contribution >= 4 is 37.3 Å². The number of thiophene rings is 1. The highest BCUT2D eigenvalue weighted by Gasteiger charge is 2.27. The molecule has 0 N–H and O–H groups in total. The molecule has 0 aliphatic carbocycles. The number of sulfonamides is 1. The Hall–Kier alpha value is -0.760. The minimum Gasteiger partial charge on any atom is -0.207 e. The second-order valence-corrected chi connectivity index (χ2v) is 8.99. The molecule has 0 bridgehead atoms. The first-order valence-corrected chi connectivity index (χ1v) is 8.86. The summed E-state index contributed by atoms with van der Waals surface area (Å²) < 4.78 is 40.2. The van der Waals surface area contributed by atoms with Crippen LogP contribution in [0.2, 0.25) is 0 Å². The Morgan fingerprint density at radius 1 is 1.20 bits per heavy atom. The van der Waals surface area contributed by atoms with Gasteiger partial charge in [0, 0.05) is 13.1 Å². The highest BCUT2D eigenvalue weighted by Crippen LogP contribution is 2.31. The van der Waals surface area contributed by atoms with Gasteiger partial charge in [-0.05, 0) is 52.7 Å². The van der Waals surface area contributed by atoms with Crippen molar-refractivity contribution in [3.05, 3.63) is 51.6 Å². The van der Waals surface area contributed by atoms with Crippen LogP contribution in [0.15, 0.2) is 44.4 Å². The molecule has 0 aliphatic heterocycles. The zero-order valence-corrected chi connectivity index (χ0v) is 14.1. The van der Waals surface area contributed by atoms with Crippen LogP contribution < -0.4 is 0 Å². The van der Waals surface area contributed by atoms with Gasteiger partial charge in [-0.3, -0.25) is 0 Å². The third kappa shape index (κ3) is 3.11. The maximum Gasteiger partial charge on any atom is 0.252 e. The van der Waals surface area contributed by atoms with Crippen molar-refractivity contribution in [2.24, 2.45) is 0 Å². The summed E-state index contributed by atoms with van der Waals surface area (Å²) >= 11 is 4.42. The van der Waals surface area contributed by atoms with Crippen molar-refractivity contribution in [1.29, 1.82) is 0 Å². The molecule has 1 atom stereocenters. The monoisotopic (exact) mass is 377 g/mol. The second-order valence-electron chi connectivity index (χ2n) is 4.31. The largest absolute Gasteiger partial charge is 0.252 e. The minimum atomic E-state index is -3.55. The van der Waals surface area contributed by atoms with E-state index < -0.39 is 10.0 Å². The van der Waals surface area contributed by atoms with E-state index in [1.54, 1.807) is 31.2 Å². The molecule has 2 aromatic rings. The summed E-state index contributed by atoms with van der Waals surface area (Å²) in [7, 11) is -2.02. The molecule has 0 radical (unpaired) electrons. The van der Waals surface area contributed by atoms with Gasteiger partial charge in [-0.15, -0.1) is 11.3 Å². The van der Waals surface area contributed by atoms with Gasteiger partial charge in [0.2, 0.25) is 0 Å². The van der Waals surface area contributed by atoms with Gasteiger partial charge in [-0.25, -0.2) is 12.8 Å². The molecule has 108 valence electrons. The van der Waals surface area contributed by atoms with Crippen LogP contribution in [0.5, 0.6) is 0 Å². The molecule has 0 saturated heterocycles. The van der Waals surface area contributed by atoms with Crippen molar-refractivity contribution < 1.29 is 12.8 Å². The first kappa shape index (κ1) is 15.6. The Bertz CT molecular complexity index is 697. The molecular formula is C13H13BrFNO2S2. The molecule has 1 aromatic heterocycles. The molecule has 0 saturated carbocycles. The Morgan fingerprint density at radius 2 is 1.80 bits per heavy atom. The van der Waals surface area contributed by atoms with Crippen LogP contribution in [0.3, 0.4) is 0 Å². The Balaban J connectivity index is 2.30. The molecule has 1 heterocycles. The molecule has 7 heteroatoms. The first-order chi connectivity index (χ1) is 9.32. The van der Waals surface area contributed by atoms with Crippen molar-refractivity contribution in [3.63, 3.8) is 0 Å². The highest BCUT2D eigenvalue weighted by atomic mass is 79.9. The fraction of sp³-hybridized carbons (Fsp3) is 0.231. The Morgan fingerprint density at radius 3 is 2.30 bits per heavy atom. The van der Waals surface area contributed by atoms with Crippen LogP contribution in [0.1, 0.15) is 18.5 Å². The van der Waals surface area contributed by atoms with E-state index in [-0.39, 0.29) is 16.1 Å². The summed E-state index contributed by atoms with van der Waals surface area (Å²) in [6.45, 7) is 1.77. The van der Waals surface area contributed by atoms with Gasteiger partial charge in [0.15, 0.2) is 0 Å². The number of nitrogens with zero attached hydrogens (tertiary/aromatic N) is 1. The third-order valence-corrected chi connectivity index (χ3v) is 7.10. The molecule has 2 rings (SSSR count). The summed E-state index contributed by atoms with van der Waals surface area (Å²) in [4.78, 5) is 0. The lowest BCUT2D eigenvalue weighted by atomic mass is 10.1. The maximum absolute atomic E-state index is 12.9. The smallest absolute Gasteiger partial charge is 0.207 e. The van der Waals surface area contributed by atoms with E-state index in [0.29, 0.717) is 0 Å². The Labute approximate surface area is 130 Å². The van der Waals surface area contributed by atoms with Gasteiger partial charge in [0.25, 0.3) is 10.0 Å². The maximum atomic E-state index is 12.9. The highest BCUT2D eigenvalue weighted by molar-refractivity contribution is 9.11. The van der Waals surface area contributed by atoms with Crippen LogP contribution in [0.25, 0.3) is 0 Å². The number of hydrogen-bond acceptors (Lipinski definition) is 3. The van der Waals surface area contributed by atoms with E-state index >= 15 is 0 Å². The van der Waals surface area contributed by atoms with E-state index in [1.165, 1.54) is 34.8 Å². The lowest BCUT2D eigenvalue weighted by molar-refractivity contribution is 0.399. The van der Waals surface area contributed by atoms with Crippen LogP contribution >= 0.6 is 27.3 Å². The lowest BCUT2D eigenvalue weighted by Gasteiger charge is -2.24. The average Bonchev–Trinajstić information content (AvgIpc) is 2.85. The van der Waals surface area contributed by atoms with Crippen molar-refractivity contribution in [3.8, 4) is 0 Å². The minimum absolute atomic E-state index is 0.279. The molecule has 0 fully saturated rings. The molecule has 0 amide bonds. The number of rotatable bonds is 4. The predicted molar refractivity (Wildman–Crippen MR) is 81.8 cm³/mol.